The number of halogens is 1. The minimum atomic E-state index is -0.633. The first-order valence-electron chi connectivity index (χ1n) is 11.4. The molecular weight excluding hydrogens is 417 g/mol. The molecule has 7 heteroatoms. The molecule has 168 valence electrons. The fourth-order valence-corrected chi connectivity index (χ4v) is 4.50. The van der Waals surface area contributed by atoms with Crippen LogP contribution in [0.4, 0.5) is 10.2 Å². The number of aromatic nitrogens is 2. The zero-order chi connectivity index (χ0) is 23.1. The molecule has 0 atom stereocenters. The Morgan fingerprint density at radius 3 is 2.39 bits per heavy atom. The van der Waals surface area contributed by atoms with E-state index >= 15 is 0 Å². The third-order valence-electron chi connectivity index (χ3n) is 6.67. The number of benzene rings is 2. The Morgan fingerprint density at radius 1 is 1.09 bits per heavy atom. The second kappa shape index (κ2) is 8.45. The summed E-state index contributed by atoms with van der Waals surface area (Å²) in [4.78, 5) is 20.6. The van der Waals surface area contributed by atoms with E-state index in [1.54, 1.807) is 17.6 Å². The van der Waals surface area contributed by atoms with E-state index in [0.717, 1.165) is 25.9 Å². The predicted octanol–water partition coefficient (Wildman–Crippen LogP) is 4.02. The molecule has 0 spiro atoms. The lowest BCUT2D eigenvalue weighted by atomic mass is 10.1. The molecule has 0 radical (unpaired) electrons. The predicted molar refractivity (Wildman–Crippen MR) is 126 cm³/mol. The van der Waals surface area contributed by atoms with Crippen LogP contribution in [0.5, 0.6) is 0 Å². The van der Waals surface area contributed by atoms with Crippen LogP contribution in [0.3, 0.4) is 0 Å². The molecule has 0 amide bonds. The SMILES string of the molecule is Cc1c(N2CCC(N)CC2)nc(-c2ccc(C#N)c(F)c2)n(-c2ccc(C3CC3)cc2)c1=O. The van der Waals surface area contributed by atoms with Crippen molar-refractivity contribution in [2.45, 2.75) is 44.6 Å². The first-order chi connectivity index (χ1) is 16.0. The van der Waals surface area contributed by atoms with Gasteiger partial charge in [0.25, 0.3) is 5.56 Å². The topological polar surface area (TPSA) is 87.9 Å². The van der Waals surface area contributed by atoms with Crippen molar-refractivity contribution >= 4 is 5.82 Å². The molecule has 2 aromatic carbocycles. The fourth-order valence-electron chi connectivity index (χ4n) is 4.50. The van der Waals surface area contributed by atoms with Gasteiger partial charge in [0.15, 0.2) is 0 Å². The molecule has 33 heavy (non-hydrogen) atoms. The van der Waals surface area contributed by atoms with Gasteiger partial charge in [-0.3, -0.25) is 9.36 Å². The summed E-state index contributed by atoms with van der Waals surface area (Å²) in [5, 5.41) is 9.13. The fraction of sp³-hybridized carbons (Fsp3) is 0.346. The lowest BCUT2D eigenvalue weighted by Gasteiger charge is -2.32. The maximum atomic E-state index is 14.5. The number of anilines is 1. The number of hydrogen-bond acceptors (Lipinski definition) is 5. The highest BCUT2D eigenvalue weighted by molar-refractivity contribution is 5.64. The highest BCUT2D eigenvalue weighted by Gasteiger charge is 2.25. The standard InChI is InChI=1S/C26H26FN5O/c1-16-24(31-12-10-21(29)11-13-31)30-25(19-4-5-20(15-28)23(27)14-19)32(26(16)33)22-8-6-18(7-9-22)17-2-3-17/h4-9,14,17,21H,2-3,10-13,29H2,1H3. The summed E-state index contributed by atoms with van der Waals surface area (Å²) >= 11 is 0. The molecule has 1 aromatic heterocycles. The van der Waals surface area contributed by atoms with Crippen LogP contribution in [0.2, 0.25) is 0 Å². The van der Waals surface area contributed by atoms with Gasteiger partial charge in [-0.05, 0) is 74.4 Å². The van der Waals surface area contributed by atoms with Gasteiger partial charge < -0.3 is 10.6 Å². The zero-order valence-electron chi connectivity index (χ0n) is 18.6. The van der Waals surface area contributed by atoms with Gasteiger partial charge in [-0.25, -0.2) is 9.37 Å². The molecule has 1 aliphatic heterocycles. The van der Waals surface area contributed by atoms with E-state index in [1.807, 2.05) is 18.2 Å². The van der Waals surface area contributed by atoms with Gasteiger partial charge >= 0.3 is 0 Å². The highest BCUT2D eigenvalue weighted by Crippen LogP contribution is 2.40. The van der Waals surface area contributed by atoms with E-state index < -0.39 is 5.82 Å². The average Bonchev–Trinajstić information content (AvgIpc) is 3.67. The summed E-state index contributed by atoms with van der Waals surface area (Å²) in [6.45, 7) is 3.23. The minimum Gasteiger partial charge on any atom is -0.356 e. The first kappa shape index (κ1) is 21.4. The van der Waals surface area contributed by atoms with Gasteiger partial charge in [-0.15, -0.1) is 0 Å². The van der Waals surface area contributed by atoms with Crippen LogP contribution < -0.4 is 16.2 Å². The Labute approximate surface area is 192 Å². The van der Waals surface area contributed by atoms with Crippen molar-refractivity contribution in [3.63, 3.8) is 0 Å². The van der Waals surface area contributed by atoms with E-state index in [9.17, 15) is 9.18 Å². The van der Waals surface area contributed by atoms with Crippen LogP contribution in [-0.2, 0) is 0 Å². The monoisotopic (exact) mass is 443 g/mol. The van der Waals surface area contributed by atoms with E-state index in [2.05, 4.69) is 17.0 Å². The Kier molecular flexibility index (Phi) is 5.47. The second-order valence-electron chi connectivity index (χ2n) is 9.02. The lowest BCUT2D eigenvalue weighted by Crippen LogP contribution is -2.41. The van der Waals surface area contributed by atoms with Crippen LogP contribution in [-0.4, -0.2) is 28.7 Å². The highest BCUT2D eigenvalue weighted by atomic mass is 19.1. The first-order valence-corrected chi connectivity index (χ1v) is 11.4. The van der Waals surface area contributed by atoms with E-state index in [4.69, 9.17) is 16.0 Å². The van der Waals surface area contributed by atoms with Crippen LogP contribution >= 0.6 is 0 Å². The quantitative estimate of drug-likeness (QED) is 0.658. The lowest BCUT2D eigenvalue weighted by molar-refractivity contribution is 0.497. The molecule has 1 saturated heterocycles. The van der Waals surface area contributed by atoms with Crippen LogP contribution in [0.1, 0.15) is 48.3 Å². The minimum absolute atomic E-state index is 0.0428. The Bertz CT molecular complexity index is 1300. The van der Waals surface area contributed by atoms with Crippen molar-refractivity contribution in [2.75, 3.05) is 18.0 Å². The molecule has 3 aromatic rings. The van der Waals surface area contributed by atoms with Gasteiger partial charge in [0, 0.05) is 24.7 Å². The number of hydrogen-bond donors (Lipinski definition) is 1. The van der Waals surface area contributed by atoms with Crippen molar-refractivity contribution in [2.24, 2.45) is 5.73 Å². The Morgan fingerprint density at radius 2 is 1.79 bits per heavy atom. The summed E-state index contributed by atoms with van der Waals surface area (Å²) in [6, 6.07) is 14.3. The molecule has 5 rings (SSSR count). The van der Waals surface area contributed by atoms with Crippen molar-refractivity contribution in [1.29, 1.82) is 5.26 Å². The molecule has 2 aliphatic rings. The summed E-state index contributed by atoms with van der Waals surface area (Å²) in [5.41, 5.74) is 8.79. The van der Waals surface area contributed by atoms with Gasteiger partial charge in [-0.1, -0.05) is 12.1 Å². The molecule has 1 aliphatic carbocycles. The molecule has 1 saturated carbocycles. The third kappa shape index (κ3) is 4.03. The Hall–Kier alpha value is -3.50. The number of piperidine rings is 1. The maximum Gasteiger partial charge on any atom is 0.263 e. The average molecular weight is 444 g/mol. The normalized spacial score (nSPS) is 16.6. The molecule has 0 unspecified atom stereocenters. The third-order valence-corrected chi connectivity index (χ3v) is 6.67. The summed E-state index contributed by atoms with van der Waals surface area (Å²) in [6.07, 6.45) is 4.05. The molecule has 2 N–H and O–H groups in total. The van der Waals surface area contributed by atoms with Crippen LogP contribution in [0.15, 0.2) is 47.3 Å². The van der Waals surface area contributed by atoms with Crippen LogP contribution in [0.25, 0.3) is 17.1 Å². The summed E-state index contributed by atoms with van der Waals surface area (Å²) in [7, 11) is 0. The van der Waals surface area contributed by atoms with Gasteiger partial charge in [0.05, 0.1) is 16.8 Å². The van der Waals surface area contributed by atoms with Crippen molar-refractivity contribution in [3.05, 3.63) is 75.3 Å². The number of nitriles is 1. The molecule has 2 heterocycles. The van der Waals surface area contributed by atoms with E-state index in [0.29, 0.717) is 34.4 Å². The van der Waals surface area contributed by atoms with Gasteiger partial charge in [0.2, 0.25) is 0 Å². The summed E-state index contributed by atoms with van der Waals surface area (Å²) < 4.78 is 16.1. The van der Waals surface area contributed by atoms with Gasteiger partial charge in [-0.2, -0.15) is 5.26 Å². The largest absolute Gasteiger partial charge is 0.356 e. The number of nitrogens with zero attached hydrogens (tertiary/aromatic N) is 4. The number of nitrogens with two attached hydrogens (primary N) is 1. The molecular formula is C26H26FN5O. The van der Waals surface area contributed by atoms with E-state index in [1.165, 1.54) is 30.5 Å². The molecule has 2 fully saturated rings. The van der Waals surface area contributed by atoms with Crippen molar-refractivity contribution in [3.8, 4) is 23.1 Å². The van der Waals surface area contributed by atoms with E-state index in [-0.39, 0.29) is 17.2 Å². The zero-order valence-corrected chi connectivity index (χ0v) is 18.6. The van der Waals surface area contributed by atoms with Crippen LogP contribution in [0, 0.1) is 24.1 Å². The smallest absolute Gasteiger partial charge is 0.263 e. The number of rotatable bonds is 4. The van der Waals surface area contributed by atoms with Crippen molar-refractivity contribution in [1.82, 2.24) is 9.55 Å². The molecule has 0 bridgehead atoms. The van der Waals surface area contributed by atoms with Gasteiger partial charge in [0.1, 0.15) is 23.5 Å². The van der Waals surface area contributed by atoms with Crippen molar-refractivity contribution < 1.29 is 4.39 Å². The second-order valence-corrected chi connectivity index (χ2v) is 9.02. The summed E-state index contributed by atoms with van der Waals surface area (Å²) in [5.74, 6) is 0.942. The maximum absolute atomic E-state index is 14.5. The Balaban J connectivity index is 1.68. The molecule has 6 nitrogen and oxygen atoms in total.